The van der Waals surface area contributed by atoms with Gasteiger partial charge in [0, 0.05) is 37.3 Å². The van der Waals surface area contributed by atoms with E-state index in [9.17, 15) is 9.59 Å². The fourth-order valence-corrected chi connectivity index (χ4v) is 5.05. The first-order valence-electron chi connectivity index (χ1n) is 9.47. The molecule has 160 valence electrons. The molecule has 0 aromatic carbocycles. The van der Waals surface area contributed by atoms with Crippen LogP contribution in [-0.4, -0.2) is 44.1 Å². The number of carbonyl (C=O) groups is 2. The Morgan fingerprint density at radius 2 is 2.07 bits per heavy atom. The van der Waals surface area contributed by atoms with Gasteiger partial charge in [-0.2, -0.15) is 0 Å². The monoisotopic (exact) mass is 447 g/mol. The summed E-state index contributed by atoms with van der Waals surface area (Å²) in [6.07, 6.45) is 3.35. The molecule has 10 heteroatoms. The van der Waals surface area contributed by atoms with Crippen LogP contribution < -0.4 is 5.32 Å². The molecule has 1 amide bonds. The van der Waals surface area contributed by atoms with E-state index in [0.717, 1.165) is 22.0 Å². The van der Waals surface area contributed by atoms with Gasteiger partial charge in [0.25, 0.3) is 0 Å². The lowest BCUT2D eigenvalue weighted by molar-refractivity contribution is -0.113. The van der Waals surface area contributed by atoms with Crippen LogP contribution in [0, 0.1) is 6.92 Å². The van der Waals surface area contributed by atoms with Crippen LogP contribution in [0.1, 0.15) is 39.2 Å². The Bertz CT molecular complexity index is 1070. The van der Waals surface area contributed by atoms with E-state index in [2.05, 4.69) is 15.5 Å². The van der Waals surface area contributed by atoms with Gasteiger partial charge in [-0.1, -0.05) is 18.7 Å². The van der Waals surface area contributed by atoms with Crippen LogP contribution in [0.5, 0.6) is 0 Å². The number of rotatable bonds is 8. The number of anilines is 1. The van der Waals surface area contributed by atoms with E-state index in [4.69, 9.17) is 4.74 Å². The number of nitrogens with one attached hydrogen (secondary N) is 1. The molecular formula is C20H25N5O3S2. The van der Waals surface area contributed by atoms with Crippen LogP contribution in [0.2, 0.25) is 0 Å². The van der Waals surface area contributed by atoms with Crippen LogP contribution in [0.15, 0.2) is 23.5 Å². The highest BCUT2D eigenvalue weighted by molar-refractivity contribution is 7.99. The molecule has 0 bridgehead atoms. The standard InChI is InChI=1S/C20H25N5O3S2/c1-6-14-12(2)30-18(17(14)19(27)28-5)21-16(26)11-29-20-23-22-15(25(20)4)10-13-8-7-9-24(13)3/h7-9H,6,10-11H2,1-5H3,(H,21,26). The third-order valence-electron chi connectivity index (χ3n) is 4.85. The van der Waals surface area contributed by atoms with Crippen molar-refractivity contribution in [2.24, 2.45) is 14.1 Å². The van der Waals surface area contributed by atoms with Gasteiger partial charge in [-0.15, -0.1) is 21.5 Å². The van der Waals surface area contributed by atoms with Gasteiger partial charge in [0.2, 0.25) is 5.91 Å². The zero-order valence-electron chi connectivity index (χ0n) is 17.7. The average molecular weight is 448 g/mol. The topological polar surface area (TPSA) is 91.0 Å². The zero-order chi connectivity index (χ0) is 21.8. The average Bonchev–Trinajstić information content (AvgIpc) is 3.38. The molecule has 0 saturated heterocycles. The van der Waals surface area contributed by atoms with Crippen molar-refractivity contribution < 1.29 is 14.3 Å². The molecule has 3 aromatic rings. The molecule has 3 heterocycles. The van der Waals surface area contributed by atoms with E-state index in [1.165, 1.54) is 30.2 Å². The molecule has 0 aliphatic rings. The number of ether oxygens (including phenoxy) is 1. The molecule has 0 aliphatic heterocycles. The van der Waals surface area contributed by atoms with Gasteiger partial charge < -0.3 is 19.2 Å². The first-order valence-corrected chi connectivity index (χ1v) is 11.3. The van der Waals surface area contributed by atoms with Crippen molar-refractivity contribution >= 4 is 40.0 Å². The number of hydrogen-bond donors (Lipinski definition) is 1. The second-order valence-electron chi connectivity index (χ2n) is 6.77. The van der Waals surface area contributed by atoms with Crippen LogP contribution >= 0.6 is 23.1 Å². The number of amides is 1. The lowest BCUT2D eigenvalue weighted by Gasteiger charge is -2.07. The molecule has 0 atom stereocenters. The summed E-state index contributed by atoms with van der Waals surface area (Å²) in [4.78, 5) is 25.7. The number of esters is 1. The van der Waals surface area contributed by atoms with E-state index in [-0.39, 0.29) is 11.7 Å². The van der Waals surface area contributed by atoms with E-state index >= 15 is 0 Å². The third kappa shape index (κ3) is 4.59. The summed E-state index contributed by atoms with van der Waals surface area (Å²) in [7, 11) is 5.23. The van der Waals surface area contributed by atoms with Gasteiger partial charge >= 0.3 is 5.97 Å². The van der Waals surface area contributed by atoms with Crippen molar-refractivity contribution in [3.8, 4) is 0 Å². The minimum absolute atomic E-state index is 0.162. The van der Waals surface area contributed by atoms with Crippen molar-refractivity contribution in [1.29, 1.82) is 0 Å². The van der Waals surface area contributed by atoms with Gasteiger partial charge in [0.15, 0.2) is 5.16 Å². The first kappa shape index (κ1) is 22.1. The number of nitrogens with zero attached hydrogens (tertiary/aromatic N) is 4. The predicted octanol–water partition coefficient (Wildman–Crippen LogP) is 3.19. The summed E-state index contributed by atoms with van der Waals surface area (Å²) < 4.78 is 8.84. The minimum atomic E-state index is -0.433. The SMILES string of the molecule is CCc1c(C)sc(NC(=O)CSc2nnc(Cc3cccn3C)n2C)c1C(=O)OC. The summed E-state index contributed by atoms with van der Waals surface area (Å²) in [5.41, 5.74) is 2.49. The Labute approximate surface area is 183 Å². The number of thioether (sulfide) groups is 1. The van der Waals surface area contributed by atoms with Crippen LogP contribution in [0.3, 0.4) is 0 Å². The number of methoxy groups -OCH3 is 1. The second-order valence-corrected chi connectivity index (χ2v) is 8.94. The maximum absolute atomic E-state index is 12.5. The van der Waals surface area contributed by atoms with Gasteiger partial charge in [0.05, 0.1) is 18.4 Å². The molecule has 1 N–H and O–H groups in total. The van der Waals surface area contributed by atoms with E-state index < -0.39 is 5.97 Å². The van der Waals surface area contributed by atoms with Gasteiger partial charge in [-0.25, -0.2) is 4.79 Å². The quantitative estimate of drug-likeness (QED) is 0.421. The summed E-state index contributed by atoms with van der Waals surface area (Å²) in [5, 5.41) is 12.5. The predicted molar refractivity (Wildman–Crippen MR) is 118 cm³/mol. The number of aryl methyl sites for hydroxylation is 2. The molecule has 0 unspecified atom stereocenters. The smallest absolute Gasteiger partial charge is 0.341 e. The summed E-state index contributed by atoms with van der Waals surface area (Å²) in [6, 6.07) is 4.03. The van der Waals surface area contributed by atoms with Crippen LogP contribution in [0.4, 0.5) is 5.00 Å². The Morgan fingerprint density at radius 1 is 1.30 bits per heavy atom. The fourth-order valence-electron chi connectivity index (χ4n) is 3.17. The Kier molecular flexibility index (Phi) is 6.99. The fraction of sp³-hybridized carbons (Fsp3) is 0.400. The molecule has 0 spiro atoms. The van der Waals surface area contributed by atoms with Crippen molar-refractivity contribution in [1.82, 2.24) is 19.3 Å². The Hall–Kier alpha value is -2.59. The van der Waals surface area contributed by atoms with Crippen LogP contribution in [-0.2, 0) is 36.5 Å². The maximum atomic E-state index is 12.5. The number of thiophene rings is 1. The van der Waals surface area contributed by atoms with E-state index in [0.29, 0.717) is 28.6 Å². The highest BCUT2D eigenvalue weighted by Gasteiger charge is 2.23. The summed E-state index contributed by atoms with van der Waals surface area (Å²) >= 11 is 2.70. The summed E-state index contributed by atoms with van der Waals surface area (Å²) in [5.74, 6) is 0.350. The zero-order valence-corrected chi connectivity index (χ0v) is 19.3. The van der Waals surface area contributed by atoms with E-state index in [1.54, 1.807) is 0 Å². The minimum Gasteiger partial charge on any atom is -0.465 e. The number of carbonyl (C=O) groups excluding carboxylic acids is 2. The Morgan fingerprint density at radius 3 is 2.70 bits per heavy atom. The number of hydrogen-bond acceptors (Lipinski definition) is 7. The molecule has 3 aromatic heterocycles. The van der Waals surface area contributed by atoms with Gasteiger partial charge in [-0.05, 0) is 31.0 Å². The van der Waals surface area contributed by atoms with Crippen molar-refractivity contribution in [3.05, 3.63) is 45.9 Å². The first-order chi connectivity index (χ1) is 14.3. The molecular weight excluding hydrogens is 422 g/mol. The van der Waals surface area contributed by atoms with Crippen LogP contribution in [0.25, 0.3) is 0 Å². The van der Waals surface area contributed by atoms with E-state index in [1.807, 2.05) is 55.4 Å². The lowest BCUT2D eigenvalue weighted by Crippen LogP contribution is -2.16. The molecule has 30 heavy (non-hydrogen) atoms. The molecule has 3 rings (SSSR count). The largest absolute Gasteiger partial charge is 0.465 e. The normalized spacial score (nSPS) is 11.0. The highest BCUT2D eigenvalue weighted by atomic mass is 32.2. The molecule has 0 radical (unpaired) electrons. The molecule has 8 nitrogen and oxygen atoms in total. The lowest BCUT2D eigenvalue weighted by atomic mass is 10.1. The Balaban J connectivity index is 1.66. The molecule has 0 fully saturated rings. The van der Waals surface area contributed by atoms with Crippen molar-refractivity contribution in [2.75, 3.05) is 18.2 Å². The maximum Gasteiger partial charge on any atom is 0.341 e. The highest BCUT2D eigenvalue weighted by Crippen LogP contribution is 2.34. The van der Waals surface area contributed by atoms with Gasteiger partial charge in [-0.3, -0.25) is 4.79 Å². The molecule has 0 saturated carbocycles. The second kappa shape index (κ2) is 9.48. The third-order valence-corrected chi connectivity index (χ3v) is 6.94. The number of aromatic nitrogens is 4. The summed E-state index contributed by atoms with van der Waals surface area (Å²) in [6.45, 7) is 3.91. The van der Waals surface area contributed by atoms with Crippen molar-refractivity contribution in [2.45, 2.75) is 31.8 Å². The van der Waals surface area contributed by atoms with Gasteiger partial charge in [0.1, 0.15) is 10.8 Å². The van der Waals surface area contributed by atoms with Crippen molar-refractivity contribution in [3.63, 3.8) is 0 Å². The molecule has 0 aliphatic carbocycles.